The lowest BCUT2D eigenvalue weighted by molar-refractivity contribution is -0.153. The van der Waals surface area contributed by atoms with E-state index in [1.165, 1.54) is 14.0 Å². The fraction of sp³-hybridized carbons (Fsp3) is 0.160. The maximum Gasteiger partial charge on any atom is 0.347 e. The van der Waals surface area contributed by atoms with Crippen LogP contribution in [0, 0.1) is 0 Å². The van der Waals surface area contributed by atoms with Crippen molar-refractivity contribution < 1.29 is 28.6 Å². The summed E-state index contributed by atoms with van der Waals surface area (Å²) in [4.78, 5) is 36.7. The number of benzene rings is 3. The molecule has 1 unspecified atom stereocenters. The van der Waals surface area contributed by atoms with E-state index in [1.54, 1.807) is 72.8 Å². The lowest BCUT2D eigenvalue weighted by atomic mass is 10.2. The second kappa shape index (κ2) is 11.7. The number of ether oxygens (including phenoxy) is 3. The Hall–Kier alpha value is -4.04. The smallest absolute Gasteiger partial charge is 0.347 e. The molecule has 0 bridgehead atoms. The minimum atomic E-state index is -0.924. The van der Waals surface area contributed by atoms with Crippen LogP contribution in [0.15, 0.2) is 72.8 Å². The van der Waals surface area contributed by atoms with Crippen LogP contribution in [-0.4, -0.2) is 37.6 Å². The van der Waals surface area contributed by atoms with Crippen LogP contribution in [-0.2, 0) is 14.3 Å². The van der Waals surface area contributed by atoms with Crippen LogP contribution in [0.4, 0.5) is 11.4 Å². The summed E-state index contributed by atoms with van der Waals surface area (Å²) in [5, 5.41) is 5.85. The zero-order valence-corrected chi connectivity index (χ0v) is 19.3. The Labute approximate surface area is 201 Å². The molecule has 1 atom stereocenters. The van der Waals surface area contributed by atoms with E-state index < -0.39 is 24.6 Å². The molecule has 3 aromatic rings. The van der Waals surface area contributed by atoms with Crippen LogP contribution in [0.2, 0.25) is 5.02 Å². The first kappa shape index (κ1) is 24.6. The molecule has 176 valence electrons. The van der Waals surface area contributed by atoms with E-state index in [2.05, 4.69) is 10.6 Å². The largest absolute Gasteiger partial charge is 0.495 e. The maximum absolute atomic E-state index is 12.5. The van der Waals surface area contributed by atoms with Gasteiger partial charge >= 0.3 is 5.97 Å². The first-order valence-electron chi connectivity index (χ1n) is 10.3. The molecule has 0 radical (unpaired) electrons. The summed E-state index contributed by atoms with van der Waals surface area (Å²) in [6.07, 6.45) is -0.924. The Balaban J connectivity index is 1.47. The highest BCUT2D eigenvalue weighted by molar-refractivity contribution is 6.30. The standard InChI is InChI=1S/C25H23ClN2O6/c1-16(34-20-7-5-6-18(26)14-20)25(31)33-15-23(29)27-19-12-10-17(11-13-19)24(30)28-21-8-3-4-9-22(21)32-2/h3-14,16H,15H2,1-2H3,(H,27,29)(H,28,30). The number of nitrogens with one attached hydrogen (secondary N) is 2. The molecule has 0 spiro atoms. The number of hydrogen-bond acceptors (Lipinski definition) is 6. The van der Waals surface area contributed by atoms with Crippen LogP contribution < -0.4 is 20.1 Å². The number of methoxy groups -OCH3 is 1. The molecule has 0 aliphatic heterocycles. The fourth-order valence-corrected chi connectivity index (χ4v) is 3.07. The van der Waals surface area contributed by atoms with Crippen molar-refractivity contribution in [2.24, 2.45) is 0 Å². The molecule has 34 heavy (non-hydrogen) atoms. The van der Waals surface area contributed by atoms with Crippen LogP contribution >= 0.6 is 11.6 Å². The second-order valence-electron chi connectivity index (χ2n) is 7.11. The summed E-state index contributed by atoms with van der Waals surface area (Å²) < 4.78 is 15.7. The minimum Gasteiger partial charge on any atom is -0.495 e. The van der Waals surface area contributed by atoms with Crippen molar-refractivity contribution in [2.75, 3.05) is 24.4 Å². The minimum absolute atomic E-state index is 0.329. The molecule has 2 N–H and O–H groups in total. The number of halogens is 1. The SMILES string of the molecule is COc1ccccc1NC(=O)c1ccc(NC(=O)COC(=O)C(C)Oc2cccc(Cl)c2)cc1. The first-order valence-corrected chi connectivity index (χ1v) is 10.7. The van der Waals surface area contributed by atoms with E-state index in [1.807, 2.05) is 0 Å². The van der Waals surface area contributed by atoms with Crippen molar-refractivity contribution in [3.8, 4) is 11.5 Å². The van der Waals surface area contributed by atoms with Gasteiger partial charge in [-0.05, 0) is 61.5 Å². The van der Waals surface area contributed by atoms with Gasteiger partial charge in [-0.3, -0.25) is 9.59 Å². The molecule has 0 aliphatic carbocycles. The normalized spacial score (nSPS) is 11.1. The summed E-state index contributed by atoms with van der Waals surface area (Å²) in [5.41, 5.74) is 1.38. The highest BCUT2D eigenvalue weighted by Crippen LogP contribution is 2.24. The highest BCUT2D eigenvalue weighted by atomic mass is 35.5. The monoisotopic (exact) mass is 482 g/mol. The lowest BCUT2D eigenvalue weighted by Crippen LogP contribution is -2.29. The summed E-state index contributed by atoms with van der Waals surface area (Å²) in [5.74, 6) is -0.601. The van der Waals surface area contributed by atoms with E-state index in [0.717, 1.165) is 0 Å². The maximum atomic E-state index is 12.5. The van der Waals surface area contributed by atoms with Gasteiger partial charge in [0, 0.05) is 16.3 Å². The Morgan fingerprint density at radius 3 is 2.38 bits per heavy atom. The Kier molecular flexibility index (Phi) is 8.48. The molecule has 3 aromatic carbocycles. The molecule has 2 amide bonds. The summed E-state index contributed by atoms with van der Waals surface area (Å²) >= 11 is 5.89. The molecular weight excluding hydrogens is 460 g/mol. The molecule has 0 saturated carbocycles. The second-order valence-corrected chi connectivity index (χ2v) is 7.54. The molecule has 3 rings (SSSR count). The summed E-state index contributed by atoms with van der Waals surface area (Å²) in [6, 6.07) is 19.9. The van der Waals surface area contributed by atoms with Crippen molar-refractivity contribution in [2.45, 2.75) is 13.0 Å². The van der Waals surface area contributed by atoms with Gasteiger partial charge in [-0.1, -0.05) is 29.8 Å². The zero-order chi connectivity index (χ0) is 24.5. The van der Waals surface area contributed by atoms with Gasteiger partial charge in [-0.15, -0.1) is 0 Å². The van der Waals surface area contributed by atoms with E-state index in [0.29, 0.717) is 33.5 Å². The van der Waals surface area contributed by atoms with Gasteiger partial charge in [0.1, 0.15) is 11.5 Å². The Bertz CT molecular complexity index is 1170. The van der Waals surface area contributed by atoms with Crippen LogP contribution in [0.25, 0.3) is 0 Å². The number of amides is 2. The van der Waals surface area contributed by atoms with Crippen molar-refractivity contribution in [3.63, 3.8) is 0 Å². The topological polar surface area (TPSA) is 103 Å². The third-order valence-corrected chi connectivity index (χ3v) is 4.81. The van der Waals surface area contributed by atoms with Crippen LogP contribution in [0.1, 0.15) is 17.3 Å². The molecule has 0 fully saturated rings. The zero-order valence-electron chi connectivity index (χ0n) is 18.5. The van der Waals surface area contributed by atoms with E-state index >= 15 is 0 Å². The first-order chi connectivity index (χ1) is 16.4. The van der Waals surface area contributed by atoms with Crippen molar-refractivity contribution in [1.82, 2.24) is 0 Å². The average molecular weight is 483 g/mol. The Morgan fingerprint density at radius 1 is 0.941 bits per heavy atom. The van der Waals surface area contributed by atoms with Crippen molar-refractivity contribution in [3.05, 3.63) is 83.4 Å². The summed E-state index contributed by atoms with van der Waals surface area (Å²) in [7, 11) is 1.52. The van der Waals surface area contributed by atoms with E-state index in [9.17, 15) is 14.4 Å². The van der Waals surface area contributed by atoms with Gasteiger partial charge in [-0.25, -0.2) is 4.79 Å². The number of para-hydroxylation sites is 2. The molecule has 0 heterocycles. The van der Waals surface area contributed by atoms with Gasteiger partial charge in [-0.2, -0.15) is 0 Å². The van der Waals surface area contributed by atoms with Crippen LogP contribution in [0.3, 0.4) is 0 Å². The van der Waals surface area contributed by atoms with Crippen molar-refractivity contribution in [1.29, 1.82) is 0 Å². The fourth-order valence-electron chi connectivity index (χ4n) is 2.89. The molecule has 0 saturated heterocycles. The Morgan fingerprint density at radius 2 is 1.68 bits per heavy atom. The van der Waals surface area contributed by atoms with Crippen molar-refractivity contribution >= 4 is 40.8 Å². The quantitative estimate of drug-likeness (QED) is 0.434. The number of esters is 1. The number of carbonyl (C=O) groups excluding carboxylic acids is 3. The number of carbonyl (C=O) groups is 3. The lowest BCUT2D eigenvalue weighted by Gasteiger charge is -2.14. The molecule has 9 heteroatoms. The molecule has 8 nitrogen and oxygen atoms in total. The third-order valence-electron chi connectivity index (χ3n) is 4.57. The van der Waals surface area contributed by atoms with Gasteiger partial charge in [0.25, 0.3) is 11.8 Å². The average Bonchev–Trinajstić information content (AvgIpc) is 2.83. The predicted molar refractivity (Wildman–Crippen MR) is 129 cm³/mol. The van der Waals surface area contributed by atoms with Gasteiger partial charge in [0.15, 0.2) is 12.7 Å². The number of hydrogen-bond donors (Lipinski definition) is 2. The number of anilines is 2. The van der Waals surface area contributed by atoms with E-state index in [4.69, 9.17) is 25.8 Å². The predicted octanol–water partition coefficient (Wildman–Crippen LogP) is 4.55. The van der Waals surface area contributed by atoms with Gasteiger partial charge in [0.05, 0.1) is 12.8 Å². The van der Waals surface area contributed by atoms with E-state index in [-0.39, 0.29) is 5.91 Å². The van der Waals surface area contributed by atoms with Gasteiger partial charge < -0.3 is 24.8 Å². The third kappa shape index (κ3) is 6.98. The highest BCUT2D eigenvalue weighted by Gasteiger charge is 2.18. The molecule has 0 aliphatic rings. The molecular formula is C25H23ClN2O6. The molecule has 0 aromatic heterocycles. The summed E-state index contributed by atoms with van der Waals surface area (Å²) in [6.45, 7) is 1.02. The van der Waals surface area contributed by atoms with Crippen LogP contribution in [0.5, 0.6) is 11.5 Å². The number of rotatable bonds is 9. The van der Waals surface area contributed by atoms with Gasteiger partial charge in [0.2, 0.25) is 0 Å².